The number of hydrogen-bond donors (Lipinski definition) is 0. The van der Waals surface area contributed by atoms with E-state index in [9.17, 15) is 4.79 Å². The second-order valence-corrected chi connectivity index (χ2v) is 4.26. The smallest absolute Gasteiger partial charge is 0.310 e. The van der Waals surface area contributed by atoms with Crippen LogP contribution in [-0.2, 0) is 16.0 Å². The zero-order valence-corrected chi connectivity index (χ0v) is 10.3. The van der Waals surface area contributed by atoms with Crippen LogP contribution < -0.4 is 0 Å². The maximum absolute atomic E-state index is 11.1. The van der Waals surface area contributed by atoms with E-state index in [0.29, 0.717) is 5.02 Å². The molecule has 0 aliphatic rings. The van der Waals surface area contributed by atoms with Crippen molar-refractivity contribution in [2.24, 2.45) is 0 Å². The number of methoxy groups -OCH3 is 1. The minimum Gasteiger partial charge on any atom is -0.469 e. The molecule has 0 atom stereocenters. The second-order valence-electron chi connectivity index (χ2n) is 2.94. The van der Waals surface area contributed by atoms with Gasteiger partial charge in [0.25, 0.3) is 0 Å². The van der Waals surface area contributed by atoms with Crippen molar-refractivity contribution in [3.63, 3.8) is 0 Å². The van der Waals surface area contributed by atoms with Gasteiger partial charge in [-0.05, 0) is 30.2 Å². The molecular formula is C10H10BrClO2. The van der Waals surface area contributed by atoms with E-state index < -0.39 is 0 Å². The zero-order chi connectivity index (χ0) is 10.7. The first-order chi connectivity index (χ1) is 6.54. The van der Waals surface area contributed by atoms with E-state index in [1.165, 1.54) is 7.11 Å². The molecule has 0 amide bonds. The molecule has 0 radical (unpaired) electrons. The molecule has 0 aromatic heterocycles. The first-order valence-electron chi connectivity index (χ1n) is 4.06. The quantitative estimate of drug-likeness (QED) is 0.776. The summed E-state index contributed by atoms with van der Waals surface area (Å²) < 4.78 is 5.50. The molecule has 1 aromatic rings. The van der Waals surface area contributed by atoms with Crippen LogP contribution in [0.3, 0.4) is 0 Å². The molecule has 0 heterocycles. The van der Waals surface area contributed by atoms with Crippen molar-refractivity contribution in [1.82, 2.24) is 0 Å². The van der Waals surface area contributed by atoms with Crippen LogP contribution in [0.25, 0.3) is 0 Å². The largest absolute Gasteiger partial charge is 0.469 e. The maximum atomic E-state index is 11.1. The van der Waals surface area contributed by atoms with Crippen LogP contribution in [0.2, 0.25) is 5.02 Å². The van der Waals surface area contributed by atoms with Crippen LogP contribution in [0.5, 0.6) is 0 Å². The van der Waals surface area contributed by atoms with Gasteiger partial charge in [-0.1, -0.05) is 27.5 Å². The van der Waals surface area contributed by atoms with Gasteiger partial charge in [-0.15, -0.1) is 0 Å². The monoisotopic (exact) mass is 276 g/mol. The summed E-state index contributed by atoms with van der Waals surface area (Å²) in [5.74, 6) is -0.280. The van der Waals surface area contributed by atoms with Gasteiger partial charge in [-0.2, -0.15) is 0 Å². The average Bonchev–Trinajstić information content (AvgIpc) is 2.10. The van der Waals surface area contributed by atoms with Crippen LogP contribution in [0.15, 0.2) is 16.6 Å². The fourth-order valence-electron chi connectivity index (χ4n) is 1.17. The molecule has 0 saturated heterocycles. The lowest BCUT2D eigenvalue weighted by Crippen LogP contribution is -2.06. The molecule has 1 rings (SSSR count). The summed E-state index contributed by atoms with van der Waals surface area (Å²) in [6.45, 7) is 1.91. The molecule has 14 heavy (non-hydrogen) atoms. The summed E-state index contributed by atoms with van der Waals surface area (Å²) in [6.07, 6.45) is 0.217. The molecule has 0 unspecified atom stereocenters. The summed E-state index contributed by atoms with van der Waals surface area (Å²) in [4.78, 5) is 11.1. The van der Waals surface area contributed by atoms with E-state index in [1.54, 1.807) is 6.07 Å². The first kappa shape index (κ1) is 11.5. The summed E-state index contributed by atoms with van der Waals surface area (Å²) in [5, 5.41) is 0.585. The molecule has 2 nitrogen and oxygen atoms in total. The average molecular weight is 278 g/mol. The number of halogens is 2. The summed E-state index contributed by atoms with van der Waals surface area (Å²) in [7, 11) is 1.37. The van der Waals surface area contributed by atoms with Gasteiger partial charge in [0.15, 0.2) is 0 Å². The van der Waals surface area contributed by atoms with Crippen molar-refractivity contribution in [2.75, 3.05) is 7.11 Å². The standard InChI is InChI=1S/C10H10BrClO2/c1-6-3-7(11)4-9(12)8(6)5-10(13)14-2/h3-4H,5H2,1-2H3. The van der Waals surface area contributed by atoms with Crippen molar-refractivity contribution in [3.05, 3.63) is 32.8 Å². The van der Waals surface area contributed by atoms with Gasteiger partial charge in [-0.3, -0.25) is 4.79 Å². The van der Waals surface area contributed by atoms with Crippen molar-refractivity contribution in [2.45, 2.75) is 13.3 Å². The Morgan fingerprint density at radius 3 is 2.71 bits per heavy atom. The summed E-state index contributed by atoms with van der Waals surface area (Å²) in [5.41, 5.74) is 1.80. The molecule has 4 heteroatoms. The number of aryl methyl sites for hydroxylation is 1. The predicted octanol–water partition coefficient (Wildman–Crippen LogP) is 3.13. The third-order valence-electron chi connectivity index (χ3n) is 1.93. The number of rotatable bonds is 2. The van der Waals surface area contributed by atoms with Crippen molar-refractivity contribution in [3.8, 4) is 0 Å². The van der Waals surface area contributed by atoms with Gasteiger partial charge >= 0.3 is 5.97 Å². The molecule has 0 bridgehead atoms. The third-order valence-corrected chi connectivity index (χ3v) is 2.73. The Morgan fingerprint density at radius 2 is 2.21 bits per heavy atom. The van der Waals surface area contributed by atoms with E-state index in [2.05, 4.69) is 20.7 Å². The normalized spacial score (nSPS) is 10.0. The summed E-state index contributed by atoms with van der Waals surface area (Å²) in [6, 6.07) is 3.69. The molecule has 76 valence electrons. The Hall–Kier alpha value is -0.540. The molecule has 1 aromatic carbocycles. The van der Waals surface area contributed by atoms with Crippen molar-refractivity contribution in [1.29, 1.82) is 0 Å². The Kier molecular flexibility index (Phi) is 3.96. The zero-order valence-electron chi connectivity index (χ0n) is 7.93. The van der Waals surface area contributed by atoms with E-state index >= 15 is 0 Å². The Bertz CT molecular complexity index is 340. The highest BCUT2D eigenvalue weighted by Crippen LogP contribution is 2.25. The van der Waals surface area contributed by atoms with Crippen LogP contribution in [0, 0.1) is 6.92 Å². The Labute approximate surface area is 96.3 Å². The number of ether oxygens (including phenoxy) is 1. The maximum Gasteiger partial charge on any atom is 0.310 e. The molecule has 0 spiro atoms. The molecule has 0 saturated carbocycles. The van der Waals surface area contributed by atoms with Crippen LogP contribution in [0.4, 0.5) is 0 Å². The number of hydrogen-bond acceptors (Lipinski definition) is 2. The Morgan fingerprint density at radius 1 is 1.57 bits per heavy atom. The number of benzene rings is 1. The fraction of sp³-hybridized carbons (Fsp3) is 0.300. The number of carbonyl (C=O) groups is 1. The van der Waals surface area contributed by atoms with E-state index in [1.807, 2.05) is 13.0 Å². The van der Waals surface area contributed by atoms with Gasteiger partial charge in [0.1, 0.15) is 0 Å². The predicted molar refractivity (Wildman–Crippen MR) is 59.6 cm³/mol. The highest BCUT2D eigenvalue weighted by Gasteiger charge is 2.10. The lowest BCUT2D eigenvalue weighted by molar-refractivity contribution is -0.139. The van der Waals surface area contributed by atoms with Crippen LogP contribution in [-0.4, -0.2) is 13.1 Å². The Balaban J connectivity index is 3.02. The van der Waals surface area contributed by atoms with Gasteiger partial charge < -0.3 is 4.74 Å². The fourth-order valence-corrected chi connectivity index (χ4v) is 2.21. The van der Waals surface area contributed by atoms with Gasteiger partial charge in [0, 0.05) is 9.50 Å². The SMILES string of the molecule is COC(=O)Cc1c(C)cc(Br)cc1Cl. The van der Waals surface area contributed by atoms with Crippen molar-refractivity contribution < 1.29 is 9.53 Å². The summed E-state index contributed by atoms with van der Waals surface area (Å²) >= 11 is 9.33. The van der Waals surface area contributed by atoms with Gasteiger partial charge in [0.2, 0.25) is 0 Å². The highest BCUT2D eigenvalue weighted by atomic mass is 79.9. The van der Waals surface area contributed by atoms with Crippen LogP contribution >= 0.6 is 27.5 Å². The number of carbonyl (C=O) groups excluding carboxylic acids is 1. The minimum absolute atomic E-state index is 0.217. The van der Waals surface area contributed by atoms with Crippen molar-refractivity contribution >= 4 is 33.5 Å². The lowest BCUT2D eigenvalue weighted by Gasteiger charge is -2.07. The molecule has 0 fully saturated rings. The van der Waals surface area contributed by atoms with Gasteiger partial charge in [0.05, 0.1) is 13.5 Å². The lowest BCUT2D eigenvalue weighted by atomic mass is 10.1. The minimum atomic E-state index is -0.280. The molecule has 0 N–H and O–H groups in total. The first-order valence-corrected chi connectivity index (χ1v) is 5.23. The topological polar surface area (TPSA) is 26.3 Å². The number of esters is 1. The van der Waals surface area contributed by atoms with E-state index in [4.69, 9.17) is 11.6 Å². The molecule has 0 aliphatic heterocycles. The molecular weight excluding hydrogens is 267 g/mol. The van der Waals surface area contributed by atoms with Gasteiger partial charge in [-0.25, -0.2) is 0 Å². The second kappa shape index (κ2) is 4.80. The molecule has 0 aliphatic carbocycles. The highest BCUT2D eigenvalue weighted by molar-refractivity contribution is 9.10. The third kappa shape index (κ3) is 2.72. The van der Waals surface area contributed by atoms with E-state index in [-0.39, 0.29) is 12.4 Å². The van der Waals surface area contributed by atoms with Crippen LogP contribution in [0.1, 0.15) is 11.1 Å². The van der Waals surface area contributed by atoms with E-state index in [0.717, 1.165) is 15.6 Å².